The molecule has 0 aliphatic rings. The Morgan fingerprint density at radius 1 is 1.50 bits per heavy atom. The van der Waals surface area contributed by atoms with Crippen LogP contribution in [0.25, 0.3) is 0 Å². The van der Waals surface area contributed by atoms with Crippen molar-refractivity contribution in [3.8, 4) is 0 Å². The zero-order valence-corrected chi connectivity index (χ0v) is 7.68. The van der Waals surface area contributed by atoms with Crippen molar-refractivity contribution in [2.45, 2.75) is 13.0 Å². The van der Waals surface area contributed by atoms with Gasteiger partial charge in [-0.05, 0) is 24.3 Å². The molecule has 1 aromatic rings. The summed E-state index contributed by atoms with van der Waals surface area (Å²) in [5.74, 6) is -0.823. The van der Waals surface area contributed by atoms with E-state index in [-0.39, 0.29) is 11.0 Å². The molecule has 0 fully saturated rings. The molecule has 76 valence electrons. The molecule has 0 saturated carbocycles. The highest BCUT2D eigenvalue weighted by Gasteiger charge is 2.15. The summed E-state index contributed by atoms with van der Waals surface area (Å²) in [6.07, 6.45) is 0. The van der Waals surface area contributed by atoms with Gasteiger partial charge in [-0.25, -0.2) is 4.79 Å². The fourth-order valence-electron chi connectivity index (χ4n) is 0.760. The van der Waals surface area contributed by atoms with E-state index in [9.17, 15) is 9.28 Å². The van der Waals surface area contributed by atoms with Crippen molar-refractivity contribution in [1.82, 2.24) is 0 Å². The van der Waals surface area contributed by atoms with Crippen LogP contribution in [0.5, 0.6) is 0 Å². The Hall–Kier alpha value is -1.62. The summed E-state index contributed by atoms with van der Waals surface area (Å²) in [5, 5.41) is -0.105. The van der Waals surface area contributed by atoms with E-state index >= 15 is 0 Å². The van der Waals surface area contributed by atoms with Gasteiger partial charge >= 0.3 is 5.97 Å². The molecule has 2 N–H and O–H groups in total. The average Bonchev–Trinajstić information content (AvgIpc) is 2.19. The first-order valence-electron chi connectivity index (χ1n) is 4.09. The molecule has 0 aliphatic carbocycles. The third-order valence-corrected chi connectivity index (χ3v) is 1.50. The summed E-state index contributed by atoms with van der Waals surface area (Å²) in [7, 11) is 0. The molecule has 0 radical (unpaired) electrons. The molecule has 0 aliphatic heterocycles. The molecule has 0 unspecified atom stereocenters. The fourth-order valence-corrected chi connectivity index (χ4v) is 0.760. The largest absolute Gasteiger partial charge is 0.352 e. The fraction of sp³-hybridized carbons (Fsp3) is 0.222. The number of carbonyl (C=O) groups is 1. The number of anilines is 1. The molecule has 5 heteroatoms. The number of nitrogens with zero attached hydrogens (tertiary/aromatic N) is 1. The molecule has 0 amide bonds. The molecule has 4 nitrogen and oxygen atoms in total. The standard InChI is InChI=1S/C9H11FN2O2/c1-7(11)9(13)14-12(10)8-5-3-2-4-6-8/h2-7H,11H2,1H3/t7-/m0/s1. The molecule has 0 bridgehead atoms. The van der Waals surface area contributed by atoms with Crippen LogP contribution in [-0.2, 0) is 9.63 Å². The van der Waals surface area contributed by atoms with E-state index in [2.05, 4.69) is 4.84 Å². The summed E-state index contributed by atoms with van der Waals surface area (Å²) in [6.45, 7) is 1.42. The second-order valence-corrected chi connectivity index (χ2v) is 2.78. The molecule has 0 heterocycles. The molecule has 1 rings (SSSR count). The van der Waals surface area contributed by atoms with Crippen molar-refractivity contribution in [3.05, 3.63) is 30.3 Å². The molecule has 0 aromatic heterocycles. The Labute approximate surface area is 81.0 Å². The summed E-state index contributed by atoms with van der Waals surface area (Å²) < 4.78 is 13.1. The second-order valence-electron chi connectivity index (χ2n) is 2.78. The quantitative estimate of drug-likeness (QED) is 0.585. The maximum Gasteiger partial charge on any atom is 0.352 e. The van der Waals surface area contributed by atoms with Crippen LogP contribution in [0.1, 0.15) is 6.92 Å². The predicted octanol–water partition coefficient (Wildman–Crippen LogP) is 1.18. The van der Waals surface area contributed by atoms with Gasteiger partial charge in [0.1, 0.15) is 11.7 Å². The lowest BCUT2D eigenvalue weighted by atomic mass is 10.3. The number of nitrogens with two attached hydrogens (primary N) is 1. The minimum absolute atomic E-state index is 0.105. The first kappa shape index (κ1) is 10.5. The lowest BCUT2D eigenvalue weighted by Gasteiger charge is -2.13. The lowest BCUT2D eigenvalue weighted by molar-refractivity contribution is -0.152. The van der Waals surface area contributed by atoms with Crippen molar-refractivity contribution < 1.29 is 14.1 Å². The molecule has 1 aromatic carbocycles. The number of rotatable bonds is 3. The van der Waals surface area contributed by atoms with E-state index in [4.69, 9.17) is 5.73 Å². The van der Waals surface area contributed by atoms with Crippen LogP contribution >= 0.6 is 0 Å². The van der Waals surface area contributed by atoms with Crippen LogP contribution in [0, 0.1) is 0 Å². The highest BCUT2D eigenvalue weighted by atomic mass is 19.2. The predicted molar refractivity (Wildman–Crippen MR) is 49.8 cm³/mol. The van der Waals surface area contributed by atoms with Crippen LogP contribution in [-0.4, -0.2) is 12.0 Å². The number of hydrogen-bond acceptors (Lipinski definition) is 4. The summed E-state index contributed by atoms with van der Waals surface area (Å²) >= 11 is 0. The van der Waals surface area contributed by atoms with Crippen molar-refractivity contribution in [2.75, 3.05) is 5.29 Å². The smallest absolute Gasteiger partial charge is 0.319 e. The summed E-state index contributed by atoms with van der Waals surface area (Å²) in [5.41, 5.74) is 5.33. The second kappa shape index (κ2) is 4.57. The van der Waals surface area contributed by atoms with E-state index in [1.165, 1.54) is 19.1 Å². The van der Waals surface area contributed by atoms with E-state index in [1.807, 2.05) is 0 Å². The minimum atomic E-state index is -0.850. The Morgan fingerprint density at radius 3 is 2.57 bits per heavy atom. The Bertz CT molecular complexity index is 303. The van der Waals surface area contributed by atoms with Crippen molar-refractivity contribution >= 4 is 11.7 Å². The van der Waals surface area contributed by atoms with Crippen LogP contribution in [0.3, 0.4) is 0 Å². The molecule has 0 saturated heterocycles. The maximum atomic E-state index is 13.1. The summed E-state index contributed by atoms with van der Waals surface area (Å²) in [4.78, 5) is 15.2. The zero-order chi connectivity index (χ0) is 10.6. The number of benzene rings is 1. The Balaban J connectivity index is 2.59. The SMILES string of the molecule is C[C@H](N)C(=O)ON(F)c1ccccc1. The van der Waals surface area contributed by atoms with E-state index in [1.54, 1.807) is 18.2 Å². The molecular formula is C9H11FN2O2. The summed E-state index contributed by atoms with van der Waals surface area (Å²) in [6, 6.07) is 7.06. The monoisotopic (exact) mass is 198 g/mol. The van der Waals surface area contributed by atoms with Gasteiger partial charge < -0.3 is 10.6 Å². The van der Waals surface area contributed by atoms with E-state index in [0.29, 0.717) is 0 Å². The first-order chi connectivity index (χ1) is 6.61. The van der Waals surface area contributed by atoms with Gasteiger partial charge in [0.15, 0.2) is 0 Å². The van der Waals surface area contributed by atoms with Gasteiger partial charge in [-0.15, -0.1) is 0 Å². The number of halogens is 1. The van der Waals surface area contributed by atoms with Gasteiger partial charge in [-0.2, -0.15) is 0 Å². The van der Waals surface area contributed by atoms with Crippen LogP contribution in [0.15, 0.2) is 30.3 Å². The Kier molecular flexibility index (Phi) is 3.41. The van der Waals surface area contributed by atoms with Gasteiger partial charge in [-0.1, -0.05) is 22.7 Å². The maximum absolute atomic E-state index is 13.1. The van der Waals surface area contributed by atoms with Gasteiger partial charge in [0.05, 0.1) is 0 Å². The number of carbonyl (C=O) groups excluding carboxylic acids is 1. The van der Waals surface area contributed by atoms with Gasteiger partial charge in [-0.3, -0.25) is 0 Å². The topological polar surface area (TPSA) is 55.6 Å². The Morgan fingerprint density at radius 2 is 2.07 bits per heavy atom. The van der Waals surface area contributed by atoms with Crippen molar-refractivity contribution in [1.29, 1.82) is 0 Å². The van der Waals surface area contributed by atoms with Crippen LogP contribution in [0.4, 0.5) is 10.2 Å². The van der Waals surface area contributed by atoms with E-state index in [0.717, 1.165) is 0 Å². The van der Waals surface area contributed by atoms with Crippen molar-refractivity contribution in [2.24, 2.45) is 5.73 Å². The minimum Gasteiger partial charge on any atom is -0.319 e. The zero-order valence-electron chi connectivity index (χ0n) is 7.68. The third kappa shape index (κ3) is 2.70. The van der Waals surface area contributed by atoms with E-state index < -0.39 is 12.0 Å². The third-order valence-electron chi connectivity index (χ3n) is 1.50. The van der Waals surface area contributed by atoms with Crippen LogP contribution < -0.4 is 11.0 Å². The van der Waals surface area contributed by atoms with Gasteiger partial charge in [0.2, 0.25) is 0 Å². The van der Waals surface area contributed by atoms with Gasteiger partial charge in [0.25, 0.3) is 0 Å². The molecule has 14 heavy (non-hydrogen) atoms. The highest BCUT2D eigenvalue weighted by Crippen LogP contribution is 2.13. The highest BCUT2D eigenvalue weighted by molar-refractivity contribution is 5.75. The lowest BCUT2D eigenvalue weighted by Crippen LogP contribution is -2.32. The molecule has 1 atom stereocenters. The average molecular weight is 198 g/mol. The van der Waals surface area contributed by atoms with Crippen molar-refractivity contribution in [3.63, 3.8) is 0 Å². The number of para-hydroxylation sites is 1. The van der Waals surface area contributed by atoms with Gasteiger partial charge in [0, 0.05) is 0 Å². The van der Waals surface area contributed by atoms with Crippen LogP contribution in [0.2, 0.25) is 0 Å². The molecular weight excluding hydrogens is 187 g/mol. The molecule has 0 spiro atoms. The normalized spacial score (nSPS) is 11.9. The first-order valence-corrected chi connectivity index (χ1v) is 4.09. The number of hydrogen-bond donors (Lipinski definition) is 1.